The van der Waals surface area contributed by atoms with Crippen LogP contribution in [0.1, 0.15) is 49.7 Å². The van der Waals surface area contributed by atoms with E-state index in [9.17, 15) is 18.8 Å². The van der Waals surface area contributed by atoms with Crippen LogP contribution in [0.2, 0.25) is 5.02 Å². The Morgan fingerprint density at radius 2 is 1.95 bits per heavy atom. The number of aromatic nitrogens is 4. The summed E-state index contributed by atoms with van der Waals surface area (Å²) < 4.78 is 26.7. The molecule has 0 bridgehead atoms. The van der Waals surface area contributed by atoms with E-state index in [1.54, 1.807) is 17.1 Å². The summed E-state index contributed by atoms with van der Waals surface area (Å²) in [5, 5.41) is 31.6. The van der Waals surface area contributed by atoms with Crippen molar-refractivity contribution in [3.63, 3.8) is 0 Å². The van der Waals surface area contributed by atoms with Gasteiger partial charge in [0.2, 0.25) is 16.0 Å². The maximum Gasteiger partial charge on any atom is 0.223 e. The lowest BCUT2D eigenvalue weighted by molar-refractivity contribution is 0.0902. The van der Waals surface area contributed by atoms with Crippen LogP contribution in [0.5, 0.6) is 0 Å². The Morgan fingerprint density at radius 1 is 1.18 bits per heavy atom. The van der Waals surface area contributed by atoms with Gasteiger partial charge in [-0.05, 0) is 43.4 Å². The summed E-state index contributed by atoms with van der Waals surface area (Å²) in [6.07, 6.45) is 11.1. The molecule has 1 aliphatic carbocycles. The molecule has 1 saturated heterocycles. The van der Waals surface area contributed by atoms with Crippen molar-refractivity contribution in [2.45, 2.75) is 63.3 Å². The van der Waals surface area contributed by atoms with Crippen LogP contribution in [0.4, 0.5) is 5.95 Å². The number of hydrogen-bond donors (Lipinski definition) is 3. The van der Waals surface area contributed by atoms with Gasteiger partial charge in [0.05, 0.1) is 46.7 Å². The molecule has 2 aromatic heterocycles. The largest absolute Gasteiger partial charge is 0.392 e. The first-order chi connectivity index (χ1) is 19.2. The van der Waals surface area contributed by atoms with E-state index in [4.69, 9.17) is 11.6 Å². The van der Waals surface area contributed by atoms with E-state index < -0.39 is 10.0 Å². The molecule has 11 nitrogen and oxygen atoms in total. The van der Waals surface area contributed by atoms with Crippen molar-refractivity contribution in [3.8, 4) is 23.0 Å². The van der Waals surface area contributed by atoms with Gasteiger partial charge in [-0.1, -0.05) is 30.5 Å². The van der Waals surface area contributed by atoms with Gasteiger partial charge in [-0.15, -0.1) is 0 Å². The number of nitrogens with zero attached hydrogens (tertiary/aromatic N) is 6. The molecule has 3 N–H and O–H groups in total. The summed E-state index contributed by atoms with van der Waals surface area (Å²) in [4.78, 5) is 8.90. The lowest BCUT2D eigenvalue weighted by atomic mass is 9.92. The first kappa shape index (κ1) is 28.4. The maximum atomic E-state index is 11.8. The highest BCUT2D eigenvalue weighted by molar-refractivity contribution is 7.88. The molecule has 2 fully saturated rings. The topological polar surface area (TPSA) is 149 Å². The zero-order valence-corrected chi connectivity index (χ0v) is 23.9. The average molecular weight is 585 g/mol. The van der Waals surface area contributed by atoms with Crippen molar-refractivity contribution in [2.24, 2.45) is 0 Å². The van der Waals surface area contributed by atoms with Crippen molar-refractivity contribution >= 4 is 27.6 Å². The van der Waals surface area contributed by atoms with Crippen molar-refractivity contribution in [2.75, 3.05) is 24.7 Å². The van der Waals surface area contributed by atoms with Gasteiger partial charge in [0.15, 0.2) is 0 Å². The SMILES string of the molecule is CS(=O)(=O)N1CCC(Nc2ncc(C#N)c(-c3cnn(-c4ccc(CN[C@@H]5CCCC[C@@H]5O)cc4Cl)c3)n2)CC1. The third-order valence-electron chi connectivity index (χ3n) is 7.58. The maximum absolute atomic E-state index is 11.8. The second kappa shape index (κ2) is 12.2. The molecule has 1 aromatic carbocycles. The van der Waals surface area contributed by atoms with Gasteiger partial charge in [-0.3, -0.25) is 0 Å². The minimum absolute atomic E-state index is 0.0229. The zero-order valence-electron chi connectivity index (χ0n) is 22.3. The number of piperidine rings is 1. The Kier molecular flexibility index (Phi) is 8.68. The minimum atomic E-state index is -3.20. The van der Waals surface area contributed by atoms with Crippen LogP contribution in [-0.4, -0.2) is 75.1 Å². The summed E-state index contributed by atoms with van der Waals surface area (Å²) in [6.45, 7) is 1.48. The van der Waals surface area contributed by atoms with Gasteiger partial charge >= 0.3 is 0 Å². The van der Waals surface area contributed by atoms with Crippen LogP contribution in [0.15, 0.2) is 36.8 Å². The fourth-order valence-corrected chi connectivity index (χ4v) is 6.45. The molecule has 3 aromatic rings. The molecule has 1 saturated carbocycles. The predicted octanol–water partition coefficient (Wildman–Crippen LogP) is 3.08. The van der Waals surface area contributed by atoms with Gasteiger partial charge in [-0.2, -0.15) is 10.4 Å². The summed E-state index contributed by atoms with van der Waals surface area (Å²) >= 11 is 6.63. The summed E-state index contributed by atoms with van der Waals surface area (Å²) in [7, 11) is -3.20. The highest BCUT2D eigenvalue weighted by atomic mass is 35.5. The van der Waals surface area contributed by atoms with E-state index in [0.29, 0.717) is 66.0 Å². The second-order valence-electron chi connectivity index (χ2n) is 10.4. The number of rotatable bonds is 8. The number of sulfonamides is 1. The predicted molar refractivity (Wildman–Crippen MR) is 152 cm³/mol. The molecule has 3 heterocycles. The lowest BCUT2D eigenvalue weighted by Gasteiger charge is -2.30. The van der Waals surface area contributed by atoms with E-state index in [1.807, 2.05) is 18.2 Å². The van der Waals surface area contributed by atoms with E-state index in [-0.39, 0.29) is 18.2 Å². The first-order valence-corrected chi connectivity index (χ1v) is 15.7. The fourth-order valence-electron chi connectivity index (χ4n) is 5.29. The number of benzene rings is 1. The van der Waals surface area contributed by atoms with Crippen LogP contribution in [0, 0.1) is 11.3 Å². The number of nitriles is 1. The third-order valence-corrected chi connectivity index (χ3v) is 9.18. The molecule has 2 atom stereocenters. The van der Waals surface area contributed by atoms with E-state index in [2.05, 4.69) is 31.8 Å². The van der Waals surface area contributed by atoms with Crippen molar-refractivity contribution < 1.29 is 13.5 Å². The second-order valence-corrected chi connectivity index (χ2v) is 12.8. The molecule has 2 aliphatic rings. The van der Waals surface area contributed by atoms with Gasteiger partial charge in [-0.25, -0.2) is 27.4 Å². The van der Waals surface area contributed by atoms with Crippen molar-refractivity contribution in [3.05, 3.63) is 52.9 Å². The highest BCUT2D eigenvalue weighted by Crippen LogP contribution is 2.27. The molecule has 5 rings (SSSR count). The molecule has 0 spiro atoms. The Balaban J connectivity index is 1.28. The van der Waals surface area contributed by atoms with E-state index in [0.717, 1.165) is 31.2 Å². The number of aliphatic hydroxyl groups excluding tert-OH is 1. The Hall–Kier alpha value is -3.08. The van der Waals surface area contributed by atoms with Crippen LogP contribution in [0.3, 0.4) is 0 Å². The normalized spacial score (nSPS) is 20.8. The van der Waals surface area contributed by atoms with E-state index in [1.165, 1.54) is 16.8 Å². The van der Waals surface area contributed by atoms with Crippen LogP contribution in [-0.2, 0) is 16.6 Å². The molecule has 0 unspecified atom stereocenters. The van der Waals surface area contributed by atoms with Crippen LogP contribution in [0.25, 0.3) is 16.9 Å². The Bertz CT molecular complexity index is 1500. The number of aliphatic hydroxyl groups is 1. The summed E-state index contributed by atoms with van der Waals surface area (Å²) in [5.41, 5.74) is 3.11. The summed E-state index contributed by atoms with van der Waals surface area (Å²) in [6, 6.07) is 8.04. The smallest absolute Gasteiger partial charge is 0.223 e. The van der Waals surface area contributed by atoms with Crippen LogP contribution >= 0.6 is 11.6 Å². The van der Waals surface area contributed by atoms with Gasteiger partial charge in [0.1, 0.15) is 6.07 Å². The fraction of sp³-hybridized carbons (Fsp3) is 0.481. The molecular formula is C27H33ClN8O3S. The molecule has 40 heavy (non-hydrogen) atoms. The average Bonchev–Trinajstić information content (AvgIpc) is 3.42. The van der Waals surface area contributed by atoms with Gasteiger partial charge in [0, 0.05) is 43.5 Å². The number of halogens is 1. The number of anilines is 1. The number of nitrogens with one attached hydrogen (secondary N) is 2. The van der Waals surface area contributed by atoms with Crippen molar-refractivity contribution in [1.82, 2.24) is 29.4 Å². The highest BCUT2D eigenvalue weighted by Gasteiger charge is 2.26. The molecule has 0 amide bonds. The Labute approximate surface area is 239 Å². The number of hydrogen-bond acceptors (Lipinski definition) is 9. The molecule has 0 radical (unpaired) electrons. The quantitative estimate of drug-likeness (QED) is 0.363. The molecular weight excluding hydrogens is 552 g/mol. The van der Waals surface area contributed by atoms with E-state index >= 15 is 0 Å². The van der Waals surface area contributed by atoms with Gasteiger partial charge < -0.3 is 15.7 Å². The first-order valence-electron chi connectivity index (χ1n) is 13.5. The Morgan fingerprint density at radius 3 is 2.65 bits per heavy atom. The minimum Gasteiger partial charge on any atom is -0.392 e. The molecule has 212 valence electrons. The standard InChI is InChI=1S/C27H33ClN8O3S/c1-40(38,39)35-10-8-21(9-11-35)33-27-31-15-19(13-29)26(34-27)20-16-32-36(17-20)24-7-6-18(12-22(24)28)14-30-23-4-2-3-5-25(23)37/h6-7,12,15-17,21,23,25,30,37H,2-5,8-11,14H2,1H3,(H,31,33,34)/t23-,25+/m1/s1. The molecule has 1 aliphatic heterocycles. The van der Waals surface area contributed by atoms with Crippen LogP contribution < -0.4 is 10.6 Å². The third kappa shape index (κ3) is 6.62. The molecule has 13 heteroatoms. The van der Waals surface area contributed by atoms with Gasteiger partial charge in [0.25, 0.3) is 0 Å². The lowest BCUT2D eigenvalue weighted by Crippen LogP contribution is -2.42. The monoisotopic (exact) mass is 584 g/mol. The summed E-state index contributed by atoms with van der Waals surface area (Å²) in [5.74, 6) is 0.373. The van der Waals surface area contributed by atoms with Crippen molar-refractivity contribution in [1.29, 1.82) is 5.26 Å². The zero-order chi connectivity index (χ0) is 28.3.